The summed E-state index contributed by atoms with van der Waals surface area (Å²) >= 11 is 5.85. The Morgan fingerprint density at radius 1 is 1.12 bits per heavy atom. The highest BCUT2D eigenvalue weighted by atomic mass is 35.5. The van der Waals surface area contributed by atoms with Crippen LogP contribution in [0.1, 0.15) is 10.4 Å². The van der Waals surface area contributed by atoms with Crippen molar-refractivity contribution in [3.05, 3.63) is 52.8 Å². The molecule has 1 amide bonds. The first-order valence-corrected chi connectivity index (χ1v) is 7.46. The van der Waals surface area contributed by atoms with E-state index in [1.165, 1.54) is 32.4 Å². The fourth-order valence-corrected chi connectivity index (χ4v) is 2.12. The van der Waals surface area contributed by atoms with Gasteiger partial charge in [0.15, 0.2) is 6.61 Å². The van der Waals surface area contributed by atoms with E-state index in [-0.39, 0.29) is 22.0 Å². The van der Waals surface area contributed by atoms with E-state index in [1.807, 2.05) is 0 Å². The first-order valence-electron chi connectivity index (χ1n) is 7.08. The predicted molar refractivity (Wildman–Crippen MR) is 89.9 cm³/mol. The fourth-order valence-electron chi connectivity index (χ4n) is 1.96. The van der Waals surface area contributed by atoms with Gasteiger partial charge in [0.1, 0.15) is 22.9 Å². The molecule has 0 atom stereocenters. The molecule has 0 aliphatic carbocycles. The maximum absolute atomic E-state index is 13.2. The number of carbonyl (C=O) groups excluding carboxylic acids is 2. The molecule has 1 N–H and O–H groups in total. The lowest BCUT2D eigenvalue weighted by Gasteiger charge is -2.11. The number of hydrogen-bond acceptors (Lipinski definition) is 5. The highest BCUT2D eigenvalue weighted by molar-refractivity contribution is 6.33. The second-order valence-electron chi connectivity index (χ2n) is 4.81. The Kier molecular flexibility index (Phi) is 6.19. The largest absolute Gasteiger partial charge is 0.497 e. The van der Waals surface area contributed by atoms with Crippen LogP contribution in [0, 0.1) is 5.82 Å². The molecule has 0 unspecified atom stereocenters. The lowest BCUT2D eigenvalue weighted by atomic mass is 10.2. The molecule has 0 aliphatic rings. The molecule has 0 saturated heterocycles. The number of amides is 1. The van der Waals surface area contributed by atoms with Crippen LogP contribution in [0.2, 0.25) is 5.02 Å². The summed E-state index contributed by atoms with van der Waals surface area (Å²) in [5.41, 5.74) is 0.227. The molecular formula is C17H15ClFNO5. The number of benzene rings is 2. The normalized spacial score (nSPS) is 10.1. The highest BCUT2D eigenvalue weighted by Gasteiger charge is 2.16. The Morgan fingerprint density at radius 2 is 1.88 bits per heavy atom. The Hall–Kier alpha value is -2.80. The maximum Gasteiger partial charge on any atom is 0.342 e. The van der Waals surface area contributed by atoms with Gasteiger partial charge in [-0.25, -0.2) is 9.18 Å². The van der Waals surface area contributed by atoms with Crippen LogP contribution < -0.4 is 14.8 Å². The van der Waals surface area contributed by atoms with Gasteiger partial charge in [-0.1, -0.05) is 11.6 Å². The van der Waals surface area contributed by atoms with Gasteiger partial charge in [-0.2, -0.15) is 0 Å². The third kappa shape index (κ3) is 4.84. The molecule has 6 nitrogen and oxygen atoms in total. The standard InChI is InChI=1S/C17H15ClFNO5/c1-23-11-4-5-12(15(8-11)24-2)17(22)25-9-16(21)20-14-7-10(19)3-6-13(14)18/h3-8H,9H2,1-2H3,(H,20,21). The number of esters is 1. The lowest BCUT2D eigenvalue weighted by Crippen LogP contribution is -2.21. The van der Waals surface area contributed by atoms with E-state index in [9.17, 15) is 14.0 Å². The van der Waals surface area contributed by atoms with E-state index in [4.69, 9.17) is 25.8 Å². The SMILES string of the molecule is COc1ccc(C(=O)OCC(=O)Nc2cc(F)ccc2Cl)c(OC)c1. The van der Waals surface area contributed by atoms with E-state index in [0.717, 1.165) is 12.1 Å². The van der Waals surface area contributed by atoms with Gasteiger partial charge < -0.3 is 19.5 Å². The molecule has 2 aromatic carbocycles. The van der Waals surface area contributed by atoms with E-state index < -0.39 is 24.3 Å². The number of hydrogen-bond donors (Lipinski definition) is 1. The van der Waals surface area contributed by atoms with Crippen LogP contribution >= 0.6 is 11.6 Å². The summed E-state index contributed by atoms with van der Waals surface area (Å²) in [6.45, 7) is -0.569. The monoisotopic (exact) mass is 367 g/mol. The van der Waals surface area contributed by atoms with Crippen LogP contribution in [0.4, 0.5) is 10.1 Å². The van der Waals surface area contributed by atoms with Gasteiger partial charge in [-0.15, -0.1) is 0 Å². The molecule has 0 saturated carbocycles. The van der Waals surface area contributed by atoms with Crippen molar-refractivity contribution in [3.8, 4) is 11.5 Å². The van der Waals surface area contributed by atoms with Crippen LogP contribution in [0.25, 0.3) is 0 Å². The van der Waals surface area contributed by atoms with Crippen molar-refractivity contribution in [2.24, 2.45) is 0 Å². The van der Waals surface area contributed by atoms with Crippen molar-refractivity contribution < 1.29 is 28.2 Å². The average Bonchev–Trinajstić information content (AvgIpc) is 2.62. The second kappa shape index (κ2) is 8.34. The molecule has 132 valence electrons. The topological polar surface area (TPSA) is 73.9 Å². The zero-order chi connectivity index (χ0) is 18.4. The number of methoxy groups -OCH3 is 2. The molecule has 0 aromatic heterocycles. The van der Waals surface area contributed by atoms with Gasteiger partial charge in [0, 0.05) is 6.07 Å². The van der Waals surface area contributed by atoms with Crippen LogP contribution in [-0.4, -0.2) is 32.7 Å². The minimum atomic E-state index is -0.750. The molecule has 0 radical (unpaired) electrons. The van der Waals surface area contributed by atoms with Crippen molar-refractivity contribution in [1.82, 2.24) is 0 Å². The first-order chi connectivity index (χ1) is 11.9. The molecule has 0 heterocycles. The summed E-state index contributed by atoms with van der Waals surface area (Å²) in [6.07, 6.45) is 0. The second-order valence-corrected chi connectivity index (χ2v) is 5.22. The van der Waals surface area contributed by atoms with Crippen molar-refractivity contribution in [3.63, 3.8) is 0 Å². The summed E-state index contributed by atoms with van der Waals surface area (Å²) < 4.78 is 28.2. The van der Waals surface area contributed by atoms with Crippen LogP contribution in [-0.2, 0) is 9.53 Å². The van der Waals surface area contributed by atoms with E-state index in [2.05, 4.69) is 5.32 Å². The van der Waals surface area contributed by atoms with Crippen molar-refractivity contribution in [2.75, 3.05) is 26.1 Å². The average molecular weight is 368 g/mol. The summed E-state index contributed by atoms with van der Waals surface area (Å²) in [7, 11) is 2.87. The van der Waals surface area contributed by atoms with E-state index >= 15 is 0 Å². The molecule has 8 heteroatoms. The van der Waals surface area contributed by atoms with Gasteiger partial charge in [-0.3, -0.25) is 4.79 Å². The van der Waals surface area contributed by atoms with Gasteiger partial charge in [-0.05, 0) is 30.3 Å². The lowest BCUT2D eigenvalue weighted by molar-refractivity contribution is -0.119. The zero-order valence-corrected chi connectivity index (χ0v) is 14.2. The minimum absolute atomic E-state index is 0.0877. The van der Waals surface area contributed by atoms with Crippen molar-refractivity contribution in [1.29, 1.82) is 0 Å². The predicted octanol–water partition coefficient (Wildman–Crippen LogP) is 3.29. The van der Waals surface area contributed by atoms with Crippen LogP contribution in [0.15, 0.2) is 36.4 Å². The summed E-state index contributed by atoms with van der Waals surface area (Å²) in [5.74, 6) is -1.21. The first kappa shape index (κ1) is 18.5. The van der Waals surface area contributed by atoms with Gasteiger partial charge in [0.05, 0.1) is 24.9 Å². The minimum Gasteiger partial charge on any atom is -0.497 e. The Bertz CT molecular complexity index is 797. The molecule has 0 aliphatic heterocycles. The highest BCUT2D eigenvalue weighted by Crippen LogP contribution is 2.25. The van der Waals surface area contributed by atoms with Crippen LogP contribution in [0.5, 0.6) is 11.5 Å². The van der Waals surface area contributed by atoms with Gasteiger partial charge in [0.25, 0.3) is 5.91 Å². The number of nitrogens with one attached hydrogen (secondary N) is 1. The van der Waals surface area contributed by atoms with Gasteiger partial charge >= 0.3 is 5.97 Å². The molecular weight excluding hydrogens is 353 g/mol. The number of halogens is 2. The third-order valence-electron chi connectivity index (χ3n) is 3.17. The molecule has 0 spiro atoms. The van der Waals surface area contributed by atoms with Crippen molar-refractivity contribution >= 4 is 29.2 Å². The quantitative estimate of drug-likeness (QED) is 0.793. The molecule has 0 bridgehead atoms. The van der Waals surface area contributed by atoms with Crippen molar-refractivity contribution in [2.45, 2.75) is 0 Å². The number of carbonyl (C=O) groups is 2. The van der Waals surface area contributed by atoms with Gasteiger partial charge in [0.2, 0.25) is 0 Å². The Balaban J connectivity index is 2.00. The van der Waals surface area contributed by atoms with E-state index in [1.54, 1.807) is 6.07 Å². The zero-order valence-electron chi connectivity index (χ0n) is 13.5. The summed E-state index contributed by atoms with van der Waals surface area (Å²) in [5, 5.41) is 2.53. The molecule has 2 rings (SSSR count). The molecule has 2 aromatic rings. The smallest absolute Gasteiger partial charge is 0.342 e. The number of rotatable bonds is 6. The molecule has 25 heavy (non-hydrogen) atoms. The van der Waals surface area contributed by atoms with Crippen LogP contribution in [0.3, 0.4) is 0 Å². The summed E-state index contributed by atoms with van der Waals surface area (Å²) in [6, 6.07) is 8.07. The number of ether oxygens (including phenoxy) is 3. The summed E-state index contributed by atoms with van der Waals surface area (Å²) in [4.78, 5) is 23.9. The maximum atomic E-state index is 13.2. The molecule has 0 fully saturated rings. The van der Waals surface area contributed by atoms with E-state index in [0.29, 0.717) is 5.75 Å². The Morgan fingerprint density at radius 3 is 2.56 bits per heavy atom. The Labute approximate surface area is 148 Å². The fraction of sp³-hybridized carbons (Fsp3) is 0.176. The number of anilines is 1. The third-order valence-corrected chi connectivity index (χ3v) is 3.50.